The minimum atomic E-state index is -1.92. The lowest BCUT2D eigenvalue weighted by Crippen LogP contribution is -2.48. The van der Waals surface area contributed by atoms with Gasteiger partial charge in [0, 0.05) is 0 Å². The smallest absolute Gasteiger partial charge is 0.274 e. The van der Waals surface area contributed by atoms with Gasteiger partial charge in [-0.15, -0.1) is 22.7 Å². The molecule has 74 valence electrons. The molecule has 0 radical (unpaired) electrons. The Balaban J connectivity index is 4.22. The van der Waals surface area contributed by atoms with Crippen LogP contribution in [0.1, 0.15) is 13.3 Å². The van der Waals surface area contributed by atoms with Crippen LogP contribution in [-0.4, -0.2) is 20.9 Å². The zero-order chi connectivity index (χ0) is 9.99. The summed E-state index contributed by atoms with van der Waals surface area (Å²) in [7, 11) is -3.67. The molecule has 1 atom stereocenters. The average Bonchev–Trinajstić information content (AvgIpc) is 1.80. The van der Waals surface area contributed by atoms with Gasteiger partial charge >= 0.3 is 0 Å². The van der Waals surface area contributed by atoms with Crippen molar-refractivity contribution in [3.05, 3.63) is 0 Å². The maximum Gasteiger partial charge on any atom is 0.274 e. The van der Waals surface area contributed by atoms with Crippen molar-refractivity contribution >= 4 is 38.6 Å². The first-order valence-electron chi connectivity index (χ1n) is 4.22. The van der Waals surface area contributed by atoms with Crippen molar-refractivity contribution in [1.82, 2.24) is 0 Å². The highest BCUT2D eigenvalue weighted by atomic mass is 35.6. The molecule has 0 N–H and O–H groups in total. The van der Waals surface area contributed by atoms with Gasteiger partial charge in [0.25, 0.3) is 7.63 Å². The third-order valence-corrected chi connectivity index (χ3v) is 10.2. The van der Waals surface area contributed by atoms with Crippen molar-refractivity contribution in [1.29, 1.82) is 0 Å². The summed E-state index contributed by atoms with van der Waals surface area (Å²) in [6.07, 6.45) is 0.960. The van der Waals surface area contributed by atoms with Crippen LogP contribution < -0.4 is 0 Å². The zero-order valence-electron chi connectivity index (χ0n) is 8.45. The first-order valence-corrected chi connectivity index (χ1v) is 11.6. The minimum Gasteiger partial charge on any atom is -0.444 e. The number of rotatable bonds is 4. The standard InChI is InChI=1S/C7H18Cl2OSi2/c1-6-7(8)11(2,3)10-12(4,5)9/h7H,6H2,1-5H3. The molecule has 12 heavy (non-hydrogen) atoms. The lowest BCUT2D eigenvalue weighted by Gasteiger charge is -2.32. The van der Waals surface area contributed by atoms with Crippen molar-refractivity contribution in [2.45, 2.75) is 44.5 Å². The molecule has 0 aliphatic carbocycles. The van der Waals surface area contributed by atoms with E-state index >= 15 is 0 Å². The van der Waals surface area contributed by atoms with Crippen LogP contribution in [0.15, 0.2) is 0 Å². The van der Waals surface area contributed by atoms with Gasteiger partial charge in [-0.2, -0.15) is 0 Å². The molecular formula is C7H18Cl2OSi2. The van der Waals surface area contributed by atoms with E-state index in [9.17, 15) is 0 Å². The SMILES string of the molecule is CCC(Cl)[Si](C)(C)O[Si](C)(C)Cl. The molecule has 0 bridgehead atoms. The van der Waals surface area contributed by atoms with Gasteiger partial charge in [0.1, 0.15) is 0 Å². The van der Waals surface area contributed by atoms with Crippen LogP contribution in [-0.2, 0) is 4.12 Å². The van der Waals surface area contributed by atoms with Crippen molar-refractivity contribution in [2.24, 2.45) is 0 Å². The van der Waals surface area contributed by atoms with E-state index < -0.39 is 15.9 Å². The molecule has 0 amide bonds. The second-order valence-corrected chi connectivity index (χ2v) is 15.0. The molecule has 0 saturated carbocycles. The normalized spacial score (nSPS) is 16.2. The van der Waals surface area contributed by atoms with Gasteiger partial charge in [0.05, 0.1) is 5.00 Å². The van der Waals surface area contributed by atoms with E-state index in [4.69, 9.17) is 26.8 Å². The molecule has 0 fully saturated rings. The molecule has 1 nitrogen and oxygen atoms in total. The van der Waals surface area contributed by atoms with E-state index in [1.807, 2.05) is 13.1 Å². The Morgan fingerprint density at radius 3 is 1.92 bits per heavy atom. The van der Waals surface area contributed by atoms with E-state index in [0.717, 1.165) is 6.42 Å². The highest BCUT2D eigenvalue weighted by Gasteiger charge is 2.36. The van der Waals surface area contributed by atoms with Gasteiger partial charge < -0.3 is 4.12 Å². The van der Waals surface area contributed by atoms with Gasteiger partial charge in [0.2, 0.25) is 0 Å². The largest absolute Gasteiger partial charge is 0.444 e. The first-order chi connectivity index (χ1) is 5.19. The van der Waals surface area contributed by atoms with E-state index in [-0.39, 0.29) is 5.00 Å². The maximum absolute atomic E-state index is 6.16. The van der Waals surface area contributed by atoms with Crippen LogP contribution in [0.2, 0.25) is 26.2 Å². The molecule has 0 heterocycles. The third kappa shape index (κ3) is 4.87. The van der Waals surface area contributed by atoms with Crippen LogP contribution in [0, 0.1) is 0 Å². The van der Waals surface area contributed by atoms with Gasteiger partial charge in [-0.1, -0.05) is 6.92 Å². The summed E-state index contributed by atoms with van der Waals surface area (Å²) in [5.41, 5.74) is 0. The van der Waals surface area contributed by atoms with Crippen LogP contribution in [0.5, 0.6) is 0 Å². The second-order valence-electron chi connectivity index (χ2n) is 3.94. The molecule has 0 saturated heterocycles. The molecule has 0 aliphatic rings. The summed E-state index contributed by atoms with van der Waals surface area (Å²) in [4.78, 5) is 0. The summed E-state index contributed by atoms with van der Waals surface area (Å²) in [5, 5.41) is 0.169. The lowest BCUT2D eigenvalue weighted by atomic mass is 10.6. The molecular weight excluding hydrogens is 227 g/mol. The molecule has 0 spiro atoms. The Morgan fingerprint density at radius 2 is 1.67 bits per heavy atom. The molecule has 0 aromatic rings. The molecule has 0 rings (SSSR count). The second kappa shape index (κ2) is 4.46. The van der Waals surface area contributed by atoms with Crippen LogP contribution in [0.3, 0.4) is 0 Å². The lowest BCUT2D eigenvalue weighted by molar-refractivity contribution is 0.555. The Morgan fingerprint density at radius 1 is 1.25 bits per heavy atom. The average molecular weight is 245 g/mol. The summed E-state index contributed by atoms with van der Waals surface area (Å²) in [6, 6.07) is 0. The molecule has 1 unspecified atom stereocenters. The first kappa shape index (κ1) is 13.0. The molecule has 0 aromatic heterocycles. The maximum atomic E-state index is 6.16. The highest BCUT2D eigenvalue weighted by molar-refractivity contribution is 7.18. The van der Waals surface area contributed by atoms with E-state index in [1.165, 1.54) is 0 Å². The highest BCUT2D eigenvalue weighted by Crippen LogP contribution is 2.24. The van der Waals surface area contributed by atoms with E-state index in [0.29, 0.717) is 0 Å². The Bertz CT molecular complexity index is 145. The van der Waals surface area contributed by atoms with Crippen LogP contribution >= 0.6 is 22.7 Å². The molecule has 0 aromatic carbocycles. The van der Waals surface area contributed by atoms with E-state index in [2.05, 4.69) is 20.0 Å². The van der Waals surface area contributed by atoms with Gasteiger partial charge in [-0.25, -0.2) is 0 Å². The van der Waals surface area contributed by atoms with Crippen LogP contribution in [0.25, 0.3) is 0 Å². The monoisotopic (exact) mass is 244 g/mol. The van der Waals surface area contributed by atoms with Crippen molar-refractivity contribution in [3.8, 4) is 0 Å². The fourth-order valence-electron chi connectivity index (χ4n) is 1.18. The third-order valence-electron chi connectivity index (χ3n) is 1.62. The van der Waals surface area contributed by atoms with Gasteiger partial charge in [-0.3, -0.25) is 0 Å². The summed E-state index contributed by atoms with van der Waals surface area (Å²) in [5.74, 6) is 0. The minimum absolute atomic E-state index is 0.169. The van der Waals surface area contributed by atoms with Gasteiger partial charge in [-0.05, 0) is 32.6 Å². The van der Waals surface area contributed by atoms with Gasteiger partial charge in [0.15, 0.2) is 8.32 Å². The summed E-state index contributed by atoms with van der Waals surface area (Å²) >= 11 is 12.3. The van der Waals surface area contributed by atoms with Crippen molar-refractivity contribution in [3.63, 3.8) is 0 Å². The predicted octanol–water partition coefficient (Wildman–Crippen LogP) is 3.71. The zero-order valence-corrected chi connectivity index (χ0v) is 12.0. The van der Waals surface area contributed by atoms with Crippen molar-refractivity contribution < 1.29 is 4.12 Å². The topological polar surface area (TPSA) is 9.23 Å². The number of halogens is 2. The fourth-order valence-corrected chi connectivity index (χ4v) is 9.87. The number of hydrogen-bond acceptors (Lipinski definition) is 1. The summed E-state index contributed by atoms with van der Waals surface area (Å²) in [6.45, 7) is 10.3. The Labute approximate surface area is 87.4 Å². The molecule has 5 heteroatoms. The van der Waals surface area contributed by atoms with E-state index in [1.54, 1.807) is 0 Å². The van der Waals surface area contributed by atoms with Crippen LogP contribution in [0.4, 0.5) is 0 Å². The predicted molar refractivity (Wildman–Crippen MR) is 61.8 cm³/mol. The summed E-state index contributed by atoms with van der Waals surface area (Å²) < 4.78 is 5.89. The Hall–Kier alpha value is 0.974. The quantitative estimate of drug-likeness (QED) is 0.417. The number of hydrogen-bond donors (Lipinski definition) is 0. The van der Waals surface area contributed by atoms with Crippen molar-refractivity contribution in [2.75, 3.05) is 0 Å². The molecule has 0 aliphatic heterocycles. The number of alkyl halides is 1. The Kier molecular flexibility index (Phi) is 4.83. The fraction of sp³-hybridized carbons (Fsp3) is 1.00.